The quantitative estimate of drug-likeness (QED) is 0.797. The Morgan fingerprint density at radius 3 is 2.41 bits per heavy atom. The molecule has 0 aliphatic rings. The van der Waals surface area contributed by atoms with Gasteiger partial charge in [0.15, 0.2) is 0 Å². The molecule has 0 atom stereocenters. The van der Waals surface area contributed by atoms with Crippen LogP contribution in [-0.2, 0) is 5.75 Å². The van der Waals surface area contributed by atoms with Crippen LogP contribution in [0.5, 0.6) is 5.75 Å². The topological polar surface area (TPSA) is 49.7 Å². The van der Waals surface area contributed by atoms with Crippen LogP contribution in [0.25, 0.3) is 0 Å². The van der Waals surface area contributed by atoms with Crippen molar-refractivity contribution in [3.05, 3.63) is 23.8 Å². The second kappa shape index (κ2) is 5.80. The summed E-state index contributed by atoms with van der Waals surface area (Å²) in [6.07, 6.45) is 0. The lowest BCUT2D eigenvalue weighted by Gasteiger charge is -2.19. The fraction of sp³-hybridized carbons (Fsp3) is 0.500. The Bertz CT molecular complexity index is 375. The molecule has 17 heavy (non-hydrogen) atoms. The van der Waals surface area contributed by atoms with E-state index in [1.807, 2.05) is 0 Å². The predicted octanol–water partition coefficient (Wildman–Crippen LogP) is 1.41. The number of hydrogen-bond acceptors (Lipinski definition) is 4. The van der Waals surface area contributed by atoms with Crippen LogP contribution in [-0.4, -0.2) is 29.0 Å². The van der Waals surface area contributed by atoms with Gasteiger partial charge in [0.1, 0.15) is 5.75 Å². The number of rotatable bonds is 4. The third-order valence-electron chi connectivity index (χ3n) is 2.26. The van der Waals surface area contributed by atoms with E-state index in [2.05, 4.69) is 20.8 Å². The predicted molar refractivity (Wildman–Crippen MR) is 73.9 cm³/mol. The zero-order valence-corrected chi connectivity index (χ0v) is 11.5. The molecule has 0 aliphatic heterocycles. The molecule has 5 heteroatoms. The highest BCUT2D eigenvalue weighted by Crippen LogP contribution is 2.30. The molecule has 0 aliphatic carbocycles. The summed E-state index contributed by atoms with van der Waals surface area (Å²) in [5.41, 5.74) is 1.48. The van der Waals surface area contributed by atoms with Gasteiger partial charge in [0.25, 0.3) is 0 Å². The van der Waals surface area contributed by atoms with Crippen LogP contribution in [0.15, 0.2) is 18.2 Å². The summed E-state index contributed by atoms with van der Waals surface area (Å²) in [5.74, 6) is 1.57. The van der Waals surface area contributed by atoms with E-state index in [1.54, 1.807) is 37.1 Å². The highest BCUT2D eigenvalue weighted by molar-refractivity contribution is 7.99. The Hall–Kier alpha value is -0.645. The molecule has 0 spiro atoms. The Morgan fingerprint density at radius 2 is 1.94 bits per heavy atom. The summed E-state index contributed by atoms with van der Waals surface area (Å²) < 4.78 is 5.43. The Balaban J connectivity index is 2.90. The van der Waals surface area contributed by atoms with Crippen LogP contribution in [0.1, 0.15) is 26.3 Å². The van der Waals surface area contributed by atoms with Crippen LogP contribution < -0.4 is 10.2 Å². The number of ether oxygens (including phenoxy) is 1. The van der Waals surface area contributed by atoms with Crippen molar-refractivity contribution in [1.29, 1.82) is 0 Å². The third-order valence-corrected chi connectivity index (χ3v) is 3.58. The largest absolute Gasteiger partial charge is 0.496 e. The highest BCUT2D eigenvalue weighted by Gasteiger charge is 2.16. The number of hydrogen-bond donors (Lipinski definition) is 2. The van der Waals surface area contributed by atoms with E-state index in [4.69, 9.17) is 14.8 Å². The summed E-state index contributed by atoms with van der Waals surface area (Å²) in [5, 5.41) is 18.3. The number of thioether (sulfide) groups is 1. The van der Waals surface area contributed by atoms with E-state index in [9.17, 15) is 0 Å². The van der Waals surface area contributed by atoms with Crippen LogP contribution in [0.3, 0.4) is 0 Å². The fourth-order valence-corrected chi connectivity index (χ4v) is 2.18. The summed E-state index contributed by atoms with van der Waals surface area (Å²) in [6.45, 7) is 6.44. The number of benzene rings is 1. The highest BCUT2D eigenvalue weighted by atomic mass is 32.2. The van der Waals surface area contributed by atoms with E-state index in [0.29, 0.717) is 5.46 Å². The molecule has 0 saturated carbocycles. The van der Waals surface area contributed by atoms with Gasteiger partial charge in [0, 0.05) is 16.1 Å². The average Bonchev–Trinajstić information content (AvgIpc) is 2.24. The third kappa shape index (κ3) is 4.62. The zero-order valence-electron chi connectivity index (χ0n) is 10.7. The molecule has 94 valence electrons. The molecule has 0 radical (unpaired) electrons. The molecule has 0 heterocycles. The minimum absolute atomic E-state index is 0.166. The molecule has 1 rings (SSSR count). The van der Waals surface area contributed by atoms with E-state index < -0.39 is 7.12 Å². The molecule has 0 saturated heterocycles. The van der Waals surface area contributed by atoms with Crippen LogP contribution in [0, 0.1) is 0 Å². The van der Waals surface area contributed by atoms with Gasteiger partial charge in [0.2, 0.25) is 0 Å². The molecule has 0 bridgehead atoms. The molecule has 1 aromatic rings. The van der Waals surface area contributed by atoms with Crippen molar-refractivity contribution >= 4 is 24.3 Å². The lowest BCUT2D eigenvalue weighted by molar-refractivity contribution is 0.410. The van der Waals surface area contributed by atoms with Crippen molar-refractivity contribution in [2.24, 2.45) is 0 Å². The molecule has 0 amide bonds. The van der Waals surface area contributed by atoms with Crippen molar-refractivity contribution in [3.63, 3.8) is 0 Å². The number of methoxy groups -OCH3 is 1. The summed E-state index contributed by atoms with van der Waals surface area (Å²) in [7, 11) is 0.189. The maximum absolute atomic E-state index is 9.15. The second-order valence-electron chi connectivity index (χ2n) is 4.85. The van der Waals surface area contributed by atoms with E-state index in [-0.39, 0.29) is 4.75 Å². The van der Waals surface area contributed by atoms with Crippen LogP contribution >= 0.6 is 11.8 Å². The standard InChI is InChI=1S/C12H19BO3S/c1-12(2,3)17-8-9-7-10(13(14)15)5-6-11(9)16-4/h5-7,14-15H,8H2,1-4H3. The Morgan fingerprint density at radius 1 is 1.29 bits per heavy atom. The smallest absolute Gasteiger partial charge is 0.488 e. The van der Waals surface area contributed by atoms with Crippen molar-refractivity contribution in [2.45, 2.75) is 31.3 Å². The van der Waals surface area contributed by atoms with Crippen LogP contribution in [0.2, 0.25) is 0 Å². The maximum atomic E-state index is 9.15. The second-order valence-corrected chi connectivity index (χ2v) is 6.65. The molecular weight excluding hydrogens is 235 g/mol. The van der Waals surface area contributed by atoms with E-state index in [0.717, 1.165) is 17.1 Å². The normalized spacial score (nSPS) is 11.4. The van der Waals surface area contributed by atoms with Crippen molar-refractivity contribution < 1.29 is 14.8 Å². The minimum atomic E-state index is -1.43. The van der Waals surface area contributed by atoms with Gasteiger partial charge in [-0.2, -0.15) is 11.8 Å². The molecule has 0 fully saturated rings. The molecule has 0 aromatic heterocycles. The van der Waals surface area contributed by atoms with Crippen molar-refractivity contribution in [3.8, 4) is 5.75 Å². The van der Waals surface area contributed by atoms with E-state index in [1.165, 1.54) is 0 Å². The van der Waals surface area contributed by atoms with Gasteiger partial charge < -0.3 is 14.8 Å². The summed E-state index contributed by atoms with van der Waals surface area (Å²) >= 11 is 1.79. The van der Waals surface area contributed by atoms with Gasteiger partial charge in [-0.25, -0.2) is 0 Å². The first-order valence-electron chi connectivity index (χ1n) is 5.50. The Labute approximate surface area is 107 Å². The monoisotopic (exact) mass is 254 g/mol. The van der Waals surface area contributed by atoms with E-state index >= 15 is 0 Å². The SMILES string of the molecule is COc1ccc(B(O)O)cc1CSC(C)(C)C. The van der Waals surface area contributed by atoms with Gasteiger partial charge in [0.05, 0.1) is 7.11 Å². The fourth-order valence-electron chi connectivity index (χ4n) is 1.37. The maximum Gasteiger partial charge on any atom is 0.488 e. The van der Waals surface area contributed by atoms with Crippen molar-refractivity contribution in [2.75, 3.05) is 7.11 Å². The lowest BCUT2D eigenvalue weighted by atomic mass is 9.79. The average molecular weight is 254 g/mol. The Kier molecular flexibility index (Phi) is 4.92. The summed E-state index contributed by atoms with van der Waals surface area (Å²) in [6, 6.07) is 5.21. The lowest BCUT2D eigenvalue weighted by Crippen LogP contribution is -2.30. The molecule has 3 nitrogen and oxygen atoms in total. The molecular formula is C12H19BO3S. The van der Waals surface area contributed by atoms with Gasteiger partial charge in [-0.3, -0.25) is 0 Å². The van der Waals surface area contributed by atoms with Gasteiger partial charge in [-0.05, 0) is 11.5 Å². The first-order chi connectivity index (χ1) is 7.83. The van der Waals surface area contributed by atoms with Gasteiger partial charge >= 0.3 is 7.12 Å². The zero-order chi connectivity index (χ0) is 13.1. The first kappa shape index (κ1) is 14.4. The van der Waals surface area contributed by atoms with Gasteiger partial charge in [-0.1, -0.05) is 32.9 Å². The van der Waals surface area contributed by atoms with Crippen LogP contribution in [0.4, 0.5) is 0 Å². The molecule has 2 N–H and O–H groups in total. The summed E-state index contributed by atoms with van der Waals surface area (Å²) in [4.78, 5) is 0. The minimum Gasteiger partial charge on any atom is -0.496 e. The van der Waals surface area contributed by atoms with Crippen molar-refractivity contribution in [1.82, 2.24) is 0 Å². The van der Waals surface area contributed by atoms with Gasteiger partial charge in [-0.15, -0.1) is 0 Å². The molecule has 1 aromatic carbocycles. The molecule has 0 unspecified atom stereocenters. The first-order valence-corrected chi connectivity index (χ1v) is 6.49.